The number of aryl methyl sites for hydroxylation is 1. The molecule has 0 amide bonds. The third kappa shape index (κ3) is 3.54. The molecule has 5 rings (SSSR count). The summed E-state index contributed by atoms with van der Waals surface area (Å²) >= 11 is 3.52. The fourth-order valence-electron chi connectivity index (χ4n) is 3.51. The number of para-hydroxylation sites is 2. The summed E-state index contributed by atoms with van der Waals surface area (Å²) in [5, 5.41) is 12.1. The summed E-state index contributed by atoms with van der Waals surface area (Å²) in [4.78, 5) is 16.4. The Bertz CT molecular complexity index is 1140. The van der Waals surface area contributed by atoms with Crippen molar-refractivity contribution in [2.75, 3.05) is 5.75 Å². The molecule has 1 aliphatic carbocycles. The van der Waals surface area contributed by atoms with Crippen molar-refractivity contribution in [3.8, 4) is 0 Å². The number of aromatic nitrogens is 5. The highest BCUT2D eigenvalue weighted by atomic mass is 32.2. The summed E-state index contributed by atoms with van der Waals surface area (Å²) in [6.45, 7) is 0.704. The van der Waals surface area contributed by atoms with Crippen LogP contribution in [0.1, 0.15) is 36.0 Å². The topological polar surface area (TPSA) is 68.5 Å². The molecular weight excluding hydrogens is 390 g/mol. The Labute approximate surface area is 170 Å². The zero-order chi connectivity index (χ0) is 18.9. The molecule has 1 aliphatic rings. The van der Waals surface area contributed by atoms with E-state index in [9.17, 15) is 4.79 Å². The molecule has 28 heavy (non-hydrogen) atoms. The summed E-state index contributed by atoms with van der Waals surface area (Å²) in [5.41, 5.74) is 1.83. The number of benzene rings is 1. The number of H-pyrrole nitrogens is 1. The van der Waals surface area contributed by atoms with E-state index in [0.29, 0.717) is 12.6 Å². The second kappa shape index (κ2) is 7.60. The van der Waals surface area contributed by atoms with Gasteiger partial charge in [0.05, 0.1) is 11.0 Å². The van der Waals surface area contributed by atoms with Crippen LogP contribution in [-0.4, -0.2) is 30.1 Å². The maximum atomic E-state index is 12.2. The minimum Gasteiger partial charge on any atom is -0.306 e. The van der Waals surface area contributed by atoms with E-state index in [2.05, 4.69) is 37.3 Å². The Balaban J connectivity index is 1.25. The van der Waals surface area contributed by atoms with E-state index < -0.39 is 0 Å². The fourth-order valence-corrected chi connectivity index (χ4v) is 5.16. The van der Waals surface area contributed by atoms with Gasteiger partial charge in [-0.15, -0.1) is 21.5 Å². The van der Waals surface area contributed by atoms with Crippen LogP contribution in [0, 0.1) is 0 Å². The number of nitrogens with zero attached hydrogens (tertiary/aromatic N) is 4. The molecule has 144 valence electrons. The Morgan fingerprint density at radius 2 is 2.07 bits per heavy atom. The molecule has 3 aromatic heterocycles. The number of nitrogens with one attached hydrogen (secondary N) is 1. The van der Waals surface area contributed by atoms with Crippen molar-refractivity contribution in [3.63, 3.8) is 0 Å². The first-order chi connectivity index (χ1) is 13.8. The smallest absolute Gasteiger partial charge is 0.306 e. The molecule has 0 spiro atoms. The van der Waals surface area contributed by atoms with Crippen molar-refractivity contribution in [1.29, 1.82) is 0 Å². The summed E-state index contributed by atoms with van der Waals surface area (Å²) in [5.74, 6) is 1.98. The molecule has 4 aromatic rings. The van der Waals surface area contributed by atoms with Crippen molar-refractivity contribution in [2.24, 2.45) is 0 Å². The van der Waals surface area contributed by atoms with Crippen LogP contribution in [0.2, 0.25) is 0 Å². The zero-order valence-corrected chi connectivity index (χ0v) is 17.0. The normalized spacial score (nSPS) is 14.1. The number of hydrogen-bond donors (Lipinski definition) is 1. The summed E-state index contributed by atoms with van der Waals surface area (Å²) in [7, 11) is 0. The van der Waals surface area contributed by atoms with Gasteiger partial charge in [0.15, 0.2) is 5.16 Å². The molecule has 1 aromatic carbocycles. The van der Waals surface area contributed by atoms with Crippen molar-refractivity contribution in [3.05, 3.63) is 63.0 Å². The van der Waals surface area contributed by atoms with Gasteiger partial charge in [0, 0.05) is 29.6 Å². The van der Waals surface area contributed by atoms with Crippen LogP contribution in [-0.2, 0) is 13.0 Å². The van der Waals surface area contributed by atoms with Crippen molar-refractivity contribution >= 4 is 34.1 Å². The zero-order valence-electron chi connectivity index (χ0n) is 15.4. The average molecular weight is 412 g/mol. The molecule has 0 atom stereocenters. The Hall–Kier alpha value is -2.32. The van der Waals surface area contributed by atoms with Gasteiger partial charge in [0.25, 0.3) is 0 Å². The Kier molecular flexibility index (Phi) is 4.82. The number of imidazole rings is 1. The maximum absolute atomic E-state index is 12.2. The molecule has 0 saturated heterocycles. The lowest BCUT2D eigenvalue weighted by Crippen LogP contribution is -2.17. The Morgan fingerprint density at radius 3 is 2.89 bits per heavy atom. The van der Waals surface area contributed by atoms with Gasteiger partial charge in [-0.2, -0.15) is 0 Å². The summed E-state index contributed by atoms with van der Waals surface area (Å²) in [6, 6.07) is 12.6. The standard InChI is InChI=1S/C20H21N5OS2/c26-19-21-16-6-1-2-7-17(16)24(19)10-4-12-28-20-23-22-18(25(20)14-8-9-14)13-15-5-3-11-27-15/h1-3,5-7,11,14H,4,8-10,12-13H2,(H,21,26). The molecule has 8 heteroatoms. The quantitative estimate of drug-likeness (QED) is 0.350. The van der Waals surface area contributed by atoms with Gasteiger partial charge in [-0.05, 0) is 42.8 Å². The van der Waals surface area contributed by atoms with Crippen LogP contribution < -0.4 is 5.69 Å². The first-order valence-electron chi connectivity index (χ1n) is 9.56. The summed E-state index contributed by atoms with van der Waals surface area (Å²) < 4.78 is 4.16. The predicted molar refractivity (Wildman–Crippen MR) is 113 cm³/mol. The van der Waals surface area contributed by atoms with E-state index in [1.165, 1.54) is 17.7 Å². The monoisotopic (exact) mass is 411 g/mol. The van der Waals surface area contributed by atoms with Crippen LogP contribution in [0.25, 0.3) is 11.0 Å². The van der Waals surface area contributed by atoms with Gasteiger partial charge in [-0.1, -0.05) is 30.0 Å². The minimum absolute atomic E-state index is 0.0365. The van der Waals surface area contributed by atoms with Gasteiger partial charge in [-0.3, -0.25) is 4.57 Å². The van der Waals surface area contributed by atoms with Gasteiger partial charge < -0.3 is 9.55 Å². The molecule has 0 aliphatic heterocycles. The number of hydrogen-bond acceptors (Lipinski definition) is 5. The molecule has 0 bridgehead atoms. The largest absolute Gasteiger partial charge is 0.326 e. The van der Waals surface area contributed by atoms with E-state index in [1.54, 1.807) is 23.1 Å². The van der Waals surface area contributed by atoms with Crippen LogP contribution >= 0.6 is 23.1 Å². The number of rotatable bonds is 8. The second-order valence-electron chi connectivity index (χ2n) is 7.06. The number of aromatic amines is 1. The van der Waals surface area contributed by atoms with Crippen molar-refractivity contribution in [2.45, 2.75) is 43.4 Å². The second-order valence-corrected chi connectivity index (χ2v) is 9.15. The van der Waals surface area contributed by atoms with E-state index in [0.717, 1.165) is 40.6 Å². The third-order valence-corrected chi connectivity index (χ3v) is 6.90. The fraction of sp³-hybridized carbons (Fsp3) is 0.350. The van der Waals surface area contributed by atoms with E-state index in [1.807, 2.05) is 28.8 Å². The van der Waals surface area contributed by atoms with Gasteiger partial charge in [-0.25, -0.2) is 4.79 Å². The molecule has 1 N–H and O–H groups in total. The van der Waals surface area contributed by atoms with Crippen LogP contribution in [0.4, 0.5) is 0 Å². The van der Waals surface area contributed by atoms with E-state index >= 15 is 0 Å². The van der Waals surface area contributed by atoms with E-state index in [4.69, 9.17) is 0 Å². The SMILES string of the molecule is O=c1[nH]c2ccccc2n1CCCSc1nnc(Cc2cccs2)n1C1CC1. The maximum Gasteiger partial charge on any atom is 0.326 e. The molecule has 0 radical (unpaired) electrons. The lowest BCUT2D eigenvalue weighted by molar-refractivity contribution is 0.633. The summed E-state index contributed by atoms with van der Waals surface area (Å²) in [6.07, 6.45) is 4.19. The highest BCUT2D eigenvalue weighted by Gasteiger charge is 2.29. The minimum atomic E-state index is -0.0365. The van der Waals surface area contributed by atoms with Crippen molar-refractivity contribution < 1.29 is 0 Å². The predicted octanol–water partition coefficient (Wildman–Crippen LogP) is 4.09. The molecule has 1 fully saturated rings. The molecular formula is C20H21N5OS2. The Morgan fingerprint density at radius 1 is 1.18 bits per heavy atom. The van der Waals surface area contributed by atoms with Crippen LogP contribution in [0.3, 0.4) is 0 Å². The first kappa shape index (κ1) is 17.8. The molecule has 0 unspecified atom stereocenters. The van der Waals surface area contributed by atoms with Crippen molar-refractivity contribution in [1.82, 2.24) is 24.3 Å². The number of thiophene rings is 1. The lowest BCUT2D eigenvalue weighted by Gasteiger charge is -2.08. The average Bonchev–Trinajstić information content (AvgIpc) is 3.11. The highest BCUT2D eigenvalue weighted by molar-refractivity contribution is 7.99. The number of fused-ring (bicyclic) bond motifs is 1. The molecule has 1 saturated carbocycles. The van der Waals surface area contributed by atoms with Gasteiger partial charge >= 0.3 is 5.69 Å². The lowest BCUT2D eigenvalue weighted by atomic mass is 10.3. The van der Waals surface area contributed by atoms with Gasteiger partial charge in [0.1, 0.15) is 5.82 Å². The van der Waals surface area contributed by atoms with Gasteiger partial charge in [0.2, 0.25) is 0 Å². The highest BCUT2D eigenvalue weighted by Crippen LogP contribution is 2.39. The molecule has 6 nitrogen and oxygen atoms in total. The molecule has 3 heterocycles. The first-order valence-corrected chi connectivity index (χ1v) is 11.4. The van der Waals surface area contributed by atoms with Crippen LogP contribution in [0.5, 0.6) is 0 Å². The van der Waals surface area contributed by atoms with Crippen LogP contribution in [0.15, 0.2) is 51.7 Å². The van der Waals surface area contributed by atoms with E-state index in [-0.39, 0.29) is 5.69 Å². The third-order valence-electron chi connectivity index (χ3n) is 5.00. The number of thioether (sulfide) groups is 1.